The van der Waals surface area contributed by atoms with Crippen LogP contribution in [-0.4, -0.2) is 23.2 Å². The van der Waals surface area contributed by atoms with Crippen LogP contribution in [0, 0.1) is 0 Å². The largest absolute Gasteiger partial charge is 0.416 e. The molecule has 2 N–H and O–H groups in total. The number of halogens is 4. The number of thioether (sulfide) groups is 2. The summed E-state index contributed by atoms with van der Waals surface area (Å²) in [5, 5.41) is 4.83. The summed E-state index contributed by atoms with van der Waals surface area (Å²) in [6.07, 6.45) is 3.43. The molecule has 1 heterocycles. The standard InChI is InChI=1S/C34H25ClF3N3O2S2/c35-25-18-17-22(34(36,37)38)19-26(25)40-32(42)31(21-9-2-1-3-10-21)44-24-12-8-11-23(20-24)39-33(43)41-27-13-4-6-15-29(27)45-30-16-7-5-14-28(30)41/h1-20,27,29,31H,(H,39,43)(H,40,42). The highest BCUT2D eigenvalue weighted by atomic mass is 35.5. The molecule has 0 bridgehead atoms. The number of para-hydroxylation sites is 1. The lowest BCUT2D eigenvalue weighted by atomic mass is 10.1. The molecule has 3 amide bonds. The zero-order chi connectivity index (χ0) is 31.6. The van der Waals surface area contributed by atoms with Crippen molar-refractivity contribution in [2.24, 2.45) is 0 Å². The minimum atomic E-state index is -4.59. The average Bonchev–Trinajstić information content (AvgIpc) is 3.03. The molecule has 0 fully saturated rings. The van der Waals surface area contributed by atoms with E-state index < -0.39 is 22.9 Å². The summed E-state index contributed by atoms with van der Waals surface area (Å²) in [6.45, 7) is 0. The molecule has 3 unspecified atom stereocenters. The van der Waals surface area contributed by atoms with Crippen molar-refractivity contribution in [3.8, 4) is 0 Å². The second-order valence-corrected chi connectivity index (χ2v) is 13.0. The molecular formula is C34H25ClF3N3O2S2. The van der Waals surface area contributed by atoms with Crippen molar-refractivity contribution in [1.82, 2.24) is 0 Å². The van der Waals surface area contributed by atoms with Gasteiger partial charge in [-0.05, 0) is 54.1 Å². The molecular weight excluding hydrogens is 639 g/mol. The predicted molar refractivity (Wildman–Crippen MR) is 176 cm³/mol. The van der Waals surface area contributed by atoms with Crippen molar-refractivity contribution in [1.29, 1.82) is 0 Å². The highest BCUT2D eigenvalue weighted by Crippen LogP contribution is 2.44. The SMILES string of the molecule is O=C(Nc1cc(C(F)(F)F)ccc1Cl)C(Sc1cccc(NC(=O)N2c3ccccc3SC3C=CC=CC32)c1)c1ccccc1. The number of hydrogen-bond acceptors (Lipinski definition) is 4. The second kappa shape index (κ2) is 13.1. The van der Waals surface area contributed by atoms with Gasteiger partial charge in [-0.3, -0.25) is 9.69 Å². The number of benzene rings is 4. The van der Waals surface area contributed by atoms with Crippen LogP contribution in [0.1, 0.15) is 16.4 Å². The van der Waals surface area contributed by atoms with E-state index >= 15 is 0 Å². The third kappa shape index (κ3) is 6.93. The number of nitrogens with one attached hydrogen (secondary N) is 2. The molecule has 45 heavy (non-hydrogen) atoms. The Morgan fingerprint density at radius 2 is 1.62 bits per heavy atom. The number of carbonyl (C=O) groups excluding carboxylic acids is 2. The van der Waals surface area contributed by atoms with Crippen LogP contribution < -0.4 is 15.5 Å². The van der Waals surface area contributed by atoms with Gasteiger partial charge in [-0.15, -0.1) is 23.5 Å². The van der Waals surface area contributed by atoms with Gasteiger partial charge in [0.2, 0.25) is 5.91 Å². The maximum atomic E-state index is 13.8. The van der Waals surface area contributed by atoms with Gasteiger partial charge in [0.05, 0.1) is 33.3 Å². The van der Waals surface area contributed by atoms with Crippen molar-refractivity contribution in [3.63, 3.8) is 0 Å². The van der Waals surface area contributed by atoms with Gasteiger partial charge in [0.15, 0.2) is 0 Å². The van der Waals surface area contributed by atoms with Gasteiger partial charge in [-0.2, -0.15) is 13.2 Å². The molecule has 0 radical (unpaired) electrons. The van der Waals surface area contributed by atoms with Crippen LogP contribution in [0.15, 0.2) is 131 Å². The number of nitrogens with zero attached hydrogens (tertiary/aromatic N) is 1. The normalized spacial score (nSPS) is 17.6. The van der Waals surface area contributed by atoms with Crippen molar-refractivity contribution >= 4 is 64.1 Å². The zero-order valence-corrected chi connectivity index (χ0v) is 25.8. The van der Waals surface area contributed by atoms with Crippen molar-refractivity contribution in [2.45, 2.75) is 32.5 Å². The molecule has 1 aliphatic heterocycles. The molecule has 5 nitrogen and oxygen atoms in total. The molecule has 228 valence electrons. The Kier molecular flexibility index (Phi) is 8.98. The lowest BCUT2D eigenvalue weighted by molar-refractivity contribution is -0.137. The molecule has 3 atom stereocenters. The Morgan fingerprint density at radius 3 is 2.42 bits per heavy atom. The van der Waals surface area contributed by atoms with E-state index in [2.05, 4.69) is 16.7 Å². The van der Waals surface area contributed by atoms with Gasteiger partial charge in [-0.1, -0.05) is 84.4 Å². The first-order valence-corrected chi connectivity index (χ1v) is 16.0. The number of urea groups is 1. The molecule has 11 heteroatoms. The fourth-order valence-corrected chi connectivity index (χ4v) is 7.60. The topological polar surface area (TPSA) is 61.4 Å². The van der Waals surface area contributed by atoms with Crippen molar-refractivity contribution in [3.05, 3.63) is 138 Å². The number of alkyl halides is 3. The quantitative estimate of drug-likeness (QED) is 0.202. The lowest BCUT2D eigenvalue weighted by Gasteiger charge is -2.40. The summed E-state index contributed by atoms with van der Waals surface area (Å²) < 4.78 is 40.1. The molecule has 0 spiro atoms. The number of anilines is 3. The Labute approximate surface area is 271 Å². The number of hydrogen-bond donors (Lipinski definition) is 2. The number of allylic oxidation sites excluding steroid dienone is 2. The summed E-state index contributed by atoms with van der Waals surface area (Å²) in [7, 11) is 0. The highest BCUT2D eigenvalue weighted by molar-refractivity contribution is 8.00. The van der Waals surface area contributed by atoms with Crippen LogP contribution >= 0.6 is 35.1 Å². The predicted octanol–water partition coefficient (Wildman–Crippen LogP) is 9.84. The summed E-state index contributed by atoms with van der Waals surface area (Å²) in [5.41, 5.74) is 0.934. The van der Waals surface area contributed by atoms with Crippen molar-refractivity contribution in [2.75, 3.05) is 15.5 Å². The van der Waals surface area contributed by atoms with E-state index in [4.69, 9.17) is 11.6 Å². The maximum Gasteiger partial charge on any atom is 0.416 e. The van der Waals surface area contributed by atoms with E-state index in [9.17, 15) is 22.8 Å². The number of rotatable bonds is 6. The van der Waals surface area contributed by atoms with E-state index in [1.165, 1.54) is 11.8 Å². The van der Waals surface area contributed by atoms with Gasteiger partial charge < -0.3 is 10.6 Å². The monoisotopic (exact) mass is 663 g/mol. The fourth-order valence-electron chi connectivity index (χ4n) is 5.09. The third-order valence-electron chi connectivity index (χ3n) is 7.19. The Hall–Kier alpha value is -4.12. The van der Waals surface area contributed by atoms with Gasteiger partial charge in [-0.25, -0.2) is 4.79 Å². The Bertz CT molecular complexity index is 1800. The molecule has 0 aromatic heterocycles. The highest BCUT2D eigenvalue weighted by Gasteiger charge is 2.37. The number of carbonyl (C=O) groups is 2. The van der Waals surface area contributed by atoms with E-state index in [0.717, 1.165) is 28.8 Å². The van der Waals surface area contributed by atoms with Crippen molar-refractivity contribution < 1.29 is 22.8 Å². The Balaban J connectivity index is 1.24. The minimum Gasteiger partial charge on any atom is -0.323 e. The minimum absolute atomic E-state index is 0.0129. The third-order valence-corrected chi connectivity index (χ3v) is 10.1. The van der Waals surface area contributed by atoms with Crippen LogP contribution in [0.4, 0.5) is 35.0 Å². The molecule has 6 rings (SSSR count). The summed E-state index contributed by atoms with van der Waals surface area (Å²) in [6, 6.07) is 26.1. The first-order valence-electron chi connectivity index (χ1n) is 13.9. The first kappa shape index (κ1) is 30.9. The van der Waals surface area contributed by atoms with Crippen LogP contribution in [0.3, 0.4) is 0 Å². The van der Waals surface area contributed by atoms with Crippen LogP contribution in [-0.2, 0) is 11.0 Å². The van der Waals surface area contributed by atoms with Gasteiger partial charge >= 0.3 is 12.2 Å². The summed E-state index contributed by atoms with van der Waals surface area (Å²) in [5.74, 6) is -0.549. The lowest BCUT2D eigenvalue weighted by Crippen LogP contribution is -2.49. The van der Waals surface area contributed by atoms with Crippen LogP contribution in [0.25, 0.3) is 0 Å². The van der Waals surface area contributed by atoms with E-state index in [0.29, 0.717) is 16.1 Å². The molecule has 0 saturated heterocycles. The molecule has 0 saturated carbocycles. The van der Waals surface area contributed by atoms with Gasteiger partial charge in [0, 0.05) is 15.5 Å². The molecule has 1 aliphatic carbocycles. The van der Waals surface area contributed by atoms with E-state index in [1.54, 1.807) is 65.2 Å². The fraction of sp³-hybridized carbons (Fsp3) is 0.118. The molecule has 4 aromatic carbocycles. The van der Waals surface area contributed by atoms with E-state index in [1.807, 2.05) is 48.6 Å². The second-order valence-electron chi connectivity index (χ2n) is 10.2. The van der Waals surface area contributed by atoms with E-state index in [-0.39, 0.29) is 28.0 Å². The summed E-state index contributed by atoms with van der Waals surface area (Å²) in [4.78, 5) is 30.8. The number of fused-ring (bicyclic) bond motifs is 2. The smallest absolute Gasteiger partial charge is 0.323 e. The number of amides is 3. The van der Waals surface area contributed by atoms with Gasteiger partial charge in [0.1, 0.15) is 5.25 Å². The Morgan fingerprint density at radius 1 is 0.867 bits per heavy atom. The van der Waals surface area contributed by atoms with Gasteiger partial charge in [0.25, 0.3) is 0 Å². The molecule has 2 aliphatic rings. The average molecular weight is 664 g/mol. The molecule has 4 aromatic rings. The van der Waals surface area contributed by atoms with Crippen LogP contribution in [0.5, 0.6) is 0 Å². The first-order chi connectivity index (χ1) is 21.7. The maximum absolute atomic E-state index is 13.8. The van der Waals surface area contributed by atoms with Crippen LogP contribution in [0.2, 0.25) is 5.02 Å². The summed E-state index contributed by atoms with van der Waals surface area (Å²) >= 11 is 9.09. The zero-order valence-electron chi connectivity index (χ0n) is 23.4.